The van der Waals surface area contributed by atoms with Crippen molar-refractivity contribution in [2.75, 3.05) is 11.9 Å². The first-order chi connectivity index (χ1) is 20.6. The second-order valence-corrected chi connectivity index (χ2v) is 11.6. The smallest absolute Gasteiger partial charge is 0.181 e. The average molecular weight is 608 g/mol. The molecule has 10 heteroatoms. The number of benzene rings is 1. The van der Waals surface area contributed by atoms with E-state index >= 15 is 0 Å². The quantitative estimate of drug-likeness (QED) is 0.190. The Bertz CT molecular complexity index is 1940. The second kappa shape index (κ2) is 12.7. The van der Waals surface area contributed by atoms with Gasteiger partial charge in [0.1, 0.15) is 32.0 Å². The lowest BCUT2D eigenvalue weighted by atomic mass is 10.1. The monoisotopic (exact) mass is 607 g/mol. The van der Waals surface area contributed by atoms with Crippen LogP contribution < -0.4 is 5.32 Å². The predicted molar refractivity (Wildman–Crippen MR) is 174 cm³/mol. The molecule has 0 bridgehead atoms. The van der Waals surface area contributed by atoms with Gasteiger partial charge in [0.25, 0.3) is 0 Å². The van der Waals surface area contributed by atoms with E-state index in [-0.39, 0.29) is 0 Å². The number of aromatic nitrogens is 6. The summed E-state index contributed by atoms with van der Waals surface area (Å²) in [5.41, 5.74) is 5.16. The Morgan fingerprint density at radius 2 is 1.24 bits per heavy atom. The molecule has 0 aliphatic carbocycles. The van der Waals surface area contributed by atoms with Crippen molar-refractivity contribution in [3.05, 3.63) is 112 Å². The van der Waals surface area contributed by atoms with Crippen molar-refractivity contribution in [3.8, 4) is 23.0 Å². The van der Waals surface area contributed by atoms with Crippen molar-refractivity contribution in [2.45, 2.75) is 20.3 Å². The van der Waals surface area contributed by atoms with Gasteiger partial charge in [-0.25, -0.2) is 19.9 Å². The van der Waals surface area contributed by atoms with Gasteiger partial charge in [0.05, 0.1) is 10.8 Å². The van der Waals surface area contributed by atoms with E-state index in [1.54, 1.807) is 35.1 Å². The third-order valence-electron chi connectivity index (χ3n) is 6.53. The van der Waals surface area contributed by atoms with E-state index in [1.807, 2.05) is 54.8 Å². The van der Waals surface area contributed by atoms with Crippen molar-refractivity contribution in [2.24, 2.45) is 0 Å². The molecule has 0 fully saturated rings. The molecule has 208 valence electrons. The fraction of sp³-hybridized carbons (Fsp3) is 0.125. The number of hydrogen-bond donors (Lipinski definition) is 1. The molecular weight excluding hydrogens is 582 g/mol. The van der Waals surface area contributed by atoms with Gasteiger partial charge >= 0.3 is 0 Å². The van der Waals surface area contributed by atoms with E-state index in [0.717, 1.165) is 56.2 Å². The molecule has 7 nitrogen and oxygen atoms in total. The zero-order valence-electron chi connectivity index (χ0n) is 23.0. The van der Waals surface area contributed by atoms with Crippen LogP contribution in [0, 0.1) is 13.8 Å². The number of anilines is 1. The van der Waals surface area contributed by atoms with Crippen LogP contribution in [0.3, 0.4) is 0 Å². The molecule has 6 aromatic heterocycles. The molecule has 0 saturated carbocycles. The average Bonchev–Trinajstić information content (AvgIpc) is 3.61. The first-order valence-electron chi connectivity index (χ1n) is 13.3. The molecule has 42 heavy (non-hydrogen) atoms. The summed E-state index contributed by atoms with van der Waals surface area (Å²) in [6.07, 6.45) is 4.44. The SMILES string of the molecule is Cc1csc2nc(-c3ccccn3)nc(Cl)c12.Cc1csc2nc(-c3ccccn3)nc(NCCc3ccccc3)c12. The van der Waals surface area contributed by atoms with Crippen molar-refractivity contribution in [1.82, 2.24) is 29.9 Å². The molecule has 1 N–H and O–H groups in total. The topological polar surface area (TPSA) is 89.4 Å². The summed E-state index contributed by atoms with van der Waals surface area (Å²) in [6.45, 7) is 4.94. The maximum Gasteiger partial charge on any atom is 0.181 e. The highest BCUT2D eigenvalue weighted by Crippen LogP contribution is 2.32. The molecule has 6 heterocycles. The van der Waals surface area contributed by atoms with Crippen LogP contribution in [0.2, 0.25) is 5.15 Å². The van der Waals surface area contributed by atoms with Gasteiger partial charge in [-0.3, -0.25) is 9.97 Å². The number of thiophene rings is 2. The fourth-order valence-electron chi connectivity index (χ4n) is 4.43. The zero-order valence-corrected chi connectivity index (χ0v) is 25.3. The van der Waals surface area contributed by atoms with Crippen molar-refractivity contribution >= 4 is 60.5 Å². The summed E-state index contributed by atoms with van der Waals surface area (Å²) in [4.78, 5) is 28.8. The third-order valence-corrected chi connectivity index (χ3v) is 8.78. The molecule has 0 radical (unpaired) electrons. The van der Waals surface area contributed by atoms with Crippen LogP contribution in [-0.4, -0.2) is 36.4 Å². The molecule has 0 atom stereocenters. The number of nitrogens with one attached hydrogen (secondary N) is 1. The van der Waals surface area contributed by atoms with Gasteiger partial charge in [0.2, 0.25) is 0 Å². The molecule has 7 rings (SSSR count). The summed E-state index contributed by atoms with van der Waals surface area (Å²) in [5, 5.41) is 10.2. The maximum atomic E-state index is 6.19. The van der Waals surface area contributed by atoms with Crippen molar-refractivity contribution in [3.63, 3.8) is 0 Å². The molecule has 0 amide bonds. The van der Waals surface area contributed by atoms with Gasteiger partial charge in [-0.15, -0.1) is 22.7 Å². The van der Waals surface area contributed by atoms with Crippen LogP contribution in [0.25, 0.3) is 43.5 Å². The molecule has 0 spiro atoms. The standard InChI is InChI=1S/C20H18N4S.C12H8ClN3S/c1-14-13-25-20-17(14)19(22-12-10-15-7-3-2-4-8-15)23-18(24-20)16-9-5-6-11-21-16;1-7-6-17-12-9(7)10(13)15-11(16-12)8-4-2-3-5-14-8/h2-9,11,13H,10,12H2,1H3,(H,22,23,24);2-6H,1H3. The number of fused-ring (bicyclic) bond motifs is 2. The highest BCUT2D eigenvalue weighted by atomic mass is 35.5. The Kier molecular flexibility index (Phi) is 8.41. The van der Waals surface area contributed by atoms with Crippen LogP contribution in [-0.2, 0) is 6.42 Å². The minimum absolute atomic E-state index is 0.495. The Labute approximate surface area is 256 Å². The lowest BCUT2D eigenvalue weighted by Gasteiger charge is -2.10. The minimum atomic E-state index is 0.495. The lowest BCUT2D eigenvalue weighted by Crippen LogP contribution is -2.08. The van der Waals surface area contributed by atoms with Gasteiger partial charge in [0, 0.05) is 18.9 Å². The van der Waals surface area contributed by atoms with Gasteiger partial charge in [-0.05, 0) is 72.0 Å². The van der Waals surface area contributed by atoms with Crippen LogP contribution in [0.5, 0.6) is 0 Å². The summed E-state index contributed by atoms with van der Waals surface area (Å²) >= 11 is 9.41. The number of hydrogen-bond acceptors (Lipinski definition) is 9. The van der Waals surface area contributed by atoms with Gasteiger partial charge in [-0.2, -0.15) is 0 Å². The Morgan fingerprint density at radius 3 is 1.86 bits per heavy atom. The van der Waals surface area contributed by atoms with E-state index in [0.29, 0.717) is 16.8 Å². The van der Waals surface area contributed by atoms with E-state index in [2.05, 4.69) is 61.8 Å². The highest BCUT2D eigenvalue weighted by molar-refractivity contribution is 7.17. The van der Waals surface area contributed by atoms with Crippen LogP contribution in [0.15, 0.2) is 89.9 Å². The third kappa shape index (κ3) is 6.13. The van der Waals surface area contributed by atoms with Crippen molar-refractivity contribution < 1.29 is 0 Å². The number of aryl methyl sites for hydroxylation is 2. The van der Waals surface area contributed by atoms with E-state index in [1.165, 1.54) is 11.1 Å². The Balaban J connectivity index is 0.000000162. The Morgan fingerprint density at radius 1 is 0.667 bits per heavy atom. The number of pyridine rings is 2. The molecule has 0 aliphatic heterocycles. The summed E-state index contributed by atoms with van der Waals surface area (Å²) in [5.74, 6) is 2.13. The van der Waals surface area contributed by atoms with Crippen molar-refractivity contribution in [1.29, 1.82) is 0 Å². The van der Waals surface area contributed by atoms with Crippen LogP contribution >= 0.6 is 34.3 Å². The number of halogens is 1. The molecule has 0 aliphatic rings. The number of rotatable bonds is 6. The van der Waals surface area contributed by atoms with Crippen LogP contribution in [0.4, 0.5) is 5.82 Å². The maximum absolute atomic E-state index is 6.19. The summed E-state index contributed by atoms with van der Waals surface area (Å²) in [7, 11) is 0. The van der Waals surface area contributed by atoms with E-state index < -0.39 is 0 Å². The van der Waals surface area contributed by atoms with Gasteiger partial charge in [-0.1, -0.05) is 54.1 Å². The van der Waals surface area contributed by atoms with Crippen LogP contribution in [0.1, 0.15) is 16.7 Å². The van der Waals surface area contributed by atoms with E-state index in [4.69, 9.17) is 21.6 Å². The molecule has 1 aromatic carbocycles. The first-order valence-corrected chi connectivity index (χ1v) is 15.5. The number of nitrogens with zero attached hydrogens (tertiary/aromatic N) is 6. The largest absolute Gasteiger partial charge is 0.369 e. The fourth-order valence-corrected chi connectivity index (χ4v) is 6.65. The highest BCUT2D eigenvalue weighted by Gasteiger charge is 2.14. The normalized spacial score (nSPS) is 10.9. The van der Waals surface area contributed by atoms with E-state index in [9.17, 15) is 0 Å². The zero-order chi connectivity index (χ0) is 28.9. The summed E-state index contributed by atoms with van der Waals surface area (Å²) in [6, 6.07) is 21.9. The molecular formula is C32H26ClN7S2. The molecule has 7 aromatic rings. The molecule has 0 unspecified atom stereocenters. The Hall–Kier alpha value is -4.31. The first kappa shape index (κ1) is 27.8. The van der Waals surface area contributed by atoms with Gasteiger partial charge < -0.3 is 5.32 Å². The lowest BCUT2D eigenvalue weighted by molar-refractivity contribution is 1.01. The summed E-state index contributed by atoms with van der Waals surface area (Å²) < 4.78 is 0. The minimum Gasteiger partial charge on any atom is -0.369 e. The molecule has 0 saturated heterocycles. The second-order valence-electron chi connectivity index (χ2n) is 9.52. The van der Waals surface area contributed by atoms with Gasteiger partial charge in [0.15, 0.2) is 11.6 Å². The predicted octanol–water partition coefficient (Wildman–Crippen LogP) is 8.43.